The van der Waals surface area contributed by atoms with E-state index in [1.54, 1.807) is 17.9 Å². The van der Waals surface area contributed by atoms with Crippen LogP contribution in [0.25, 0.3) is 0 Å². The molecule has 1 aromatic carbocycles. The van der Waals surface area contributed by atoms with Gasteiger partial charge in [0.05, 0.1) is 12.2 Å². The van der Waals surface area contributed by atoms with E-state index in [1.807, 2.05) is 26.2 Å². The number of nitrogens with one attached hydrogen (secondary N) is 2. The average Bonchev–Trinajstić information content (AvgIpc) is 2.76. The fraction of sp³-hybridized carbons (Fsp3) is 0.522. The van der Waals surface area contributed by atoms with Gasteiger partial charge in [0.15, 0.2) is 0 Å². The highest BCUT2D eigenvalue weighted by Crippen LogP contribution is 2.22. The Kier molecular flexibility index (Phi) is 7.74. The molecule has 2 aromatic rings. The van der Waals surface area contributed by atoms with Gasteiger partial charge in [0.25, 0.3) is 0 Å². The molecule has 2 N–H and O–H groups in total. The molecule has 2 heterocycles. The van der Waals surface area contributed by atoms with Gasteiger partial charge in [0.1, 0.15) is 17.5 Å². The maximum Gasteiger partial charge on any atom is 0.222 e. The van der Waals surface area contributed by atoms with Crippen LogP contribution in [0.2, 0.25) is 0 Å². The smallest absolute Gasteiger partial charge is 0.222 e. The van der Waals surface area contributed by atoms with Gasteiger partial charge in [-0.25, -0.2) is 14.4 Å². The summed E-state index contributed by atoms with van der Waals surface area (Å²) < 4.78 is 13.4. The largest absolute Gasteiger partial charge is 0.373 e. The van der Waals surface area contributed by atoms with E-state index < -0.39 is 0 Å². The zero-order valence-electron chi connectivity index (χ0n) is 18.2. The number of carbonyl (C=O) groups excluding carboxylic acids is 1. The van der Waals surface area contributed by atoms with Crippen LogP contribution < -0.4 is 10.6 Å². The average molecular weight is 414 g/mol. The Balaban J connectivity index is 1.56. The Hall–Kier alpha value is -2.54. The summed E-state index contributed by atoms with van der Waals surface area (Å²) >= 11 is 0. The third-order valence-electron chi connectivity index (χ3n) is 5.62. The third-order valence-corrected chi connectivity index (χ3v) is 5.62. The van der Waals surface area contributed by atoms with Gasteiger partial charge < -0.3 is 15.5 Å². The number of halogens is 1. The van der Waals surface area contributed by atoms with Crippen LogP contribution >= 0.6 is 0 Å². The molecule has 1 atom stereocenters. The number of amides is 1. The number of aryl methyl sites for hydroxylation is 2. The molecule has 3 rings (SSSR count). The first-order valence-electron chi connectivity index (χ1n) is 10.7. The topological polar surface area (TPSA) is 70.2 Å². The number of hydrogen-bond acceptors (Lipinski definition) is 5. The van der Waals surface area contributed by atoms with Crippen LogP contribution in [0.4, 0.5) is 10.2 Å². The zero-order chi connectivity index (χ0) is 21.5. The van der Waals surface area contributed by atoms with Crippen molar-refractivity contribution >= 4 is 11.7 Å². The molecule has 0 radical (unpaired) electrons. The number of nitrogens with zero attached hydrogens (tertiary/aromatic N) is 3. The van der Waals surface area contributed by atoms with Crippen LogP contribution in [0.5, 0.6) is 0 Å². The van der Waals surface area contributed by atoms with Crippen molar-refractivity contribution in [2.24, 2.45) is 0 Å². The van der Waals surface area contributed by atoms with Crippen LogP contribution in [-0.2, 0) is 17.8 Å². The number of carbonyl (C=O) groups is 1. The van der Waals surface area contributed by atoms with Crippen LogP contribution in [-0.4, -0.2) is 48.0 Å². The van der Waals surface area contributed by atoms with Crippen molar-refractivity contribution in [3.63, 3.8) is 0 Å². The van der Waals surface area contributed by atoms with E-state index in [2.05, 4.69) is 15.6 Å². The normalized spacial score (nSPS) is 16.3. The van der Waals surface area contributed by atoms with E-state index in [4.69, 9.17) is 4.98 Å². The van der Waals surface area contributed by atoms with E-state index in [9.17, 15) is 9.18 Å². The molecular weight excluding hydrogens is 381 g/mol. The summed E-state index contributed by atoms with van der Waals surface area (Å²) in [6, 6.07) is 7.04. The monoisotopic (exact) mass is 413 g/mol. The predicted octanol–water partition coefficient (Wildman–Crippen LogP) is 3.41. The second kappa shape index (κ2) is 10.5. The molecular formula is C23H32FN5O. The summed E-state index contributed by atoms with van der Waals surface area (Å²) in [7, 11) is 3.66. The molecule has 1 saturated heterocycles. The van der Waals surface area contributed by atoms with Crippen molar-refractivity contribution in [1.82, 2.24) is 20.2 Å². The molecule has 6 nitrogen and oxygen atoms in total. The van der Waals surface area contributed by atoms with Crippen molar-refractivity contribution in [3.8, 4) is 0 Å². The maximum atomic E-state index is 13.4. The van der Waals surface area contributed by atoms with Gasteiger partial charge in [-0.2, -0.15) is 0 Å². The molecule has 1 aliphatic heterocycles. The van der Waals surface area contributed by atoms with Gasteiger partial charge in [0, 0.05) is 39.0 Å². The summed E-state index contributed by atoms with van der Waals surface area (Å²) in [5.41, 5.74) is 2.55. The first-order valence-corrected chi connectivity index (χ1v) is 10.7. The van der Waals surface area contributed by atoms with Gasteiger partial charge in [-0.15, -0.1) is 0 Å². The van der Waals surface area contributed by atoms with Crippen LogP contribution in [0.1, 0.15) is 54.2 Å². The molecule has 7 heteroatoms. The maximum absolute atomic E-state index is 13.4. The molecule has 1 fully saturated rings. The Labute approximate surface area is 178 Å². The molecule has 0 aliphatic carbocycles. The van der Waals surface area contributed by atoms with Gasteiger partial charge in [-0.1, -0.05) is 12.1 Å². The lowest BCUT2D eigenvalue weighted by Gasteiger charge is -2.23. The Morgan fingerprint density at radius 3 is 2.87 bits per heavy atom. The van der Waals surface area contributed by atoms with Crippen molar-refractivity contribution in [2.45, 2.75) is 51.5 Å². The number of rotatable bonds is 8. The van der Waals surface area contributed by atoms with Gasteiger partial charge in [0.2, 0.25) is 5.91 Å². The summed E-state index contributed by atoms with van der Waals surface area (Å²) in [5, 5.41) is 6.52. The zero-order valence-corrected chi connectivity index (χ0v) is 18.2. The van der Waals surface area contributed by atoms with E-state index in [-0.39, 0.29) is 11.7 Å². The second-order valence-electron chi connectivity index (χ2n) is 8.08. The quantitative estimate of drug-likeness (QED) is 0.694. The van der Waals surface area contributed by atoms with Crippen molar-refractivity contribution in [3.05, 3.63) is 52.7 Å². The fourth-order valence-corrected chi connectivity index (χ4v) is 3.81. The van der Waals surface area contributed by atoms with E-state index in [1.165, 1.54) is 6.07 Å². The summed E-state index contributed by atoms with van der Waals surface area (Å²) in [5.74, 6) is 1.83. The first kappa shape index (κ1) is 22.2. The Morgan fingerprint density at radius 1 is 1.33 bits per heavy atom. The standard InChI is InChI=1S/C23H32FN5O/c1-16-12-17(9-10-20(16)24)6-4-8-22(30)29(3)15-19-13-21(25-2)28-23(27-19)18-7-5-11-26-14-18/h9-10,12-13,18,26H,4-8,11,14-15H2,1-3H3,(H,25,27,28)/t18-/m1/s1. The van der Waals surface area contributed by atoms with Crippen molar-refractivity contribution in [1.29, 1.82) is 0 Å². The Morgan fingerprint density at radius 2 is 2.17 bits per heavy atom. The molecule has 0 saturated carbocycles. The first-order chi connectivity index (χ1) is 14.5. The highest BCUT2D eigenvalue weighted by atomic mass is 19.1. The number of anilines is 1. The van der Waals surface area contributed by atoms with E-state index >= 15 is 0 Å². The minimum atomic E-state index is -0.191. The van der Waals surface area contributed by atoms with Crippen LogP contribution in [0.3, 0.4) is 0 Å². The van der Waals surface area contributed by atoms with Gasteiger partial charge in [-0.3, -0.25) is 4.79 Å². The summed E-state index contributed by atoms with van der Waals surface area (Å²) in [6.07, 6.45) is 4.16. The molecule has 1 aromatic heterocycles. The Bertz CT molecular complexity index is 867. The highest BCUT2D eigenvalue weighted by Gasteiger charge is 2.20. The van der Waals surface area contributed by atoms with E-state index in [0.29, 0.717) is 24.4 Å². The van der Waals surface area contributed by atoms with Crippen LogP contribution in [0.15, 0.2) is 24.3 Å². The van der Waals surface area contributed by atoms with Crippen LogP contribution in [0, 0.1) is 12.7 Å². The molecule has 1 aliphatic rings. The van der Waals surface area contributed by atoms with Crippen molar-refractivity contribution in [2.75, 3.05) is 32.5 Å². The van der Waals surface area contributed by atoms with E-state index in [0.717, 1.165) is 61.7 Å². The molecule has 0 spiro atoms. The fourth-order valence-electron chi connectivity index (χ4n) is 3.81. The number of piperidine rings is 1. The predicted molar refractivity (Wildman–Crippen MR) is 117 cm³/mol. The minimum Gasteiger partial charge on any atom is -0.373 e. The lowest BCUT2D eigenvalue weighted by molar-refractivity contribution is -0.130. The van der Waals surface area contributed by atoms with Gasteiger partial charge in [-0.05, 0) is 56.3 Å². The molecule has 1 amide bonds. The number of aromatic nitrogens is 2. The highest BCUT2D eigenvalue weighted by molar-refractivity contribution is 5.75. The third kappa shape index (κ3) is 5.98. The minimum absolute atomic E-state index is 0.0827. The second-order valence-corrected chi connectivity index (χ2v) is 8.08. The van der Waals surface area contributed by atoms with Crippen molar-refractivity contribution < 1.29 is 9.18 Å². The number of benzene rings is 1. The SMILES string of the molecule is CNc1cc(CN(C)C(=O)CCCc2ccc(F)c(C)c2)nc([C@@H]2CCCNC2)n1. The molecule has 162 valence electrons. The summed E-state index contributed by atoms with van der Waals surface area (Å²) in [4.78, 5) is 23.7. The molecule has 30 heavy (non-hydrogen) atoms. The summed E-state index contributed by atoms with van der Waals surface area (Å²) in [6.45, 7) is 4.16. The lowest BCUT2D eigenvalue weighted by Crippen LogP contribution is -2.30. The molecule has 0 unspecified atom stereocenters. The lowest BCUT2D eigenvalue weighted by atomic mass is 9.99. The van der Waals surface area contributed by atoms with Gasteiger partial charge >= 0.3 is 0 Å². The number of hydrogen-bond donors (Lipinski definition) is 2. The molecule has 0 bridgehead atoms.